The number of anilines is 1. The molecule has 0 radical (unpaired) electrons. The molecule has 196 valence electrons. The Kier molecular flexibility index (Phi) is 8.42. The molecule has 1 amide bonds. The molecule has 3 aromatic carbocycles. The maximum Gasteiger partial charge on any atom is 0.243 e. The number of rotatable bonds is 8. The molecule has 0 unspecified atom stereocenters. The van der Waals surface area contributed by atoms with Gasteiger partial charge in [-0.3, -0.25) is 4.79 Å². The molecule has 1 aliphatic rings. The zero-order valence-electron chi connectivity index (χ0n) is 21.3. The highest BCUT2D eigenvalue weighted by Gasteiger charge is 2.33. The van der Waals surface area contributed by atoms with Crippen LogP contribution in [-0.2, 0) is 14.8 Å². The van der Waals surface area contributed by atoms with Gasteiger partial charge in [0, 0.05) is 50.4 Å². The third-order valence-corrected chi connectivity index (χ3v) is 8.99. The number of amides is 1. The van der Waals surface area contributed by atoms with Crippen LogP contribution in [-0.4, -0.2) is 63.9 Å². The molecule has 1 aliphatic heterocycles. The highest BCUT2D eigenvalue weighted by atomic mass is 35.5. The summed E-state index contributed by atoms with van der Waals surface area (Å²) in [5.41, 5.74) is 2.94. The van der Waals surface area contributed by atoms with Gasteiger partial charge in [0.15, 0.2) is 0 Å². The fourth-order valence-electron chi connectivity index (χ4n) is 4.62. The van der Waals surface area contributed by atoms with E-state index in [-0.39, 0.29) is 17.2 Å². The Morgan fingerprint density at radius 3 is 2.27 bits per heavy atom. The van der Waals surface area contributed by atoms with Crippen LogP contribution in [0.2, 0.25) is 5.02 Å². The minimum Gasteiger partial charge on any atom is -0.497 e. The first-order valence-electron chi connectivity index (χ1n) is 12.2. The summed E-state index contributed by atoms with van der Waals surface area (Å²) in [6.45, 7) is 4.51. The van der Waals surface area contributed by atoms with Crippen LogP contribution in [0.1, 0.15) is 23.6 Å². The zero-order chi connectivity index (χ0) is 26.6. The molecule has 1 heterocycles. The van der Waals surface area contributed by atoms with Gasteiger partial charge in [-0.1, -0.05) is 48.0 Å². The van der Waals surface area contributed by atoms with Crippen molar-refractivity contribution < 1.29 is 17.9 Å². The molecular formula is C28H32ClN3O4S. The minimum absolute atomic E-state index is 0.0328. The van der Waals surface area contributed by atoms with Gasteiger partial charge in [-0.2, -0.15) is 4.31 Å². The Morgan fingerprint density at radius 2 is 1.65 bits per heavy atom. The quantitative estimate of drug-likeness (QED) is 0.411. The number of nitrogens with zero attached hydrogens (tertiary/aromatic N) is 3. The van der Waals surface area contributed by atoms with Crippen LogP contribution >= 0.6 is 11.6 Å². The van der Waals surface area contributed by atoms with Gasteiger partial charge in [-0.15, -0.1) is 0 Å². The number of piperazine rings is 1. The SMILES string of the molecule is COc1ccc([C@H](CC(=O)N2CCN(c3cc(Cl)ccc3C)CC2)N(C)S(=O)(=O)c2ccccc2)cc1. The van der Waals surface area contributed by atoms with Crippen LogP contribution in [0.25, 0.3) is 0 Å². The number of carbonyl (C=O) groups excluding carboxylic acids is 1. The maximum absolute atomic E-state index is 13.5. The molecule has 0 aromatic heterocycles. The number of carbonyl (C=O) groups is 1. The van der Waals surface area contributed by atoms with Gasteiger partial charge in [-0.05, 0) is 54.4 Å². The van der Waals surface area contributed by atoms with E-state index >= 15 is 0 Å². The van der Waals surface area contributed by atoms with E-state index in [0.29, 0.717) is 37.0 Å². The highest BCUT2D eigenvalue weighted by molar-refractivity contribution is 7.89. The summed E-state index contributed by atoms with van der Waals surface area (Å²) in [7, 11) is -0.713. The summed E-state index contributed by atoms with van der Waals surface area (Å²) < 4.78 is 33.5. The molecule has 1 atom stereocenters. The van der Waals surface area contributed by atoms with Crippen molar-refractivity contribution in [3.8, 4) is 5.75 Å². The topological polar surface area (TPSA) is 70.2 Å². The smallest absolute Gasteiger partial charge is 0.243 e. The van der Waals surface area contributed by atoms with Gasteiger partial charge in [0.05, 0.1) is 18.0 Å². The Bertz CT molecular complexity index is 1330. The van der Waals surface area contributed by atoms with Crippen molar-refractivity contribution in [2.45, 2.75) is 24.3 Å². The van der Waals surface area contributed by atoms with Gasteiger partial charge in [0.1, 0.15) is 5.75 Å². The number of sulfonamides is 1. The molecule has 0 spiro atoms. The van der Waals surface area contributed by atoms with E-state index in [1.54, 1.807) is 49.6 Å². The fourth-order valence-corrected chi connectivity index (χ4v) is 6.15. The van der Waals surface area contributed by atoms with Crippen molar-refractivity contribution >= 4 is 33.2 Å². The molecule has 37 heavy (non-hydrogen) atoms. The zero-order valence-corrected chi connectivity index (χ0v) is 22.9. The van der Waals surface area contributed by atoms with Crippen LogP contribution in [0.15, 0.2) is 77.7 Å². The van der Waals surface area contributed by atoms with Crippen molar-refractivity contribution in [2.24, 2.45) is 0 Å². The lowest BCUT2D eigenvalue weighted by atomic mass is 10.0. The molecule has 9 heteroatoms. The molecule has 1 fully saturated rings. The van der Waals surface area contributed by atoms with E-state index in [1.807, 2.05) is 42.2 Å². The monoisotopic (exact) mass is 541 g/mol. The summed E-state index contributed by atoms with van der Waals surface area (Å²) in [5.74, 6) is 0.577. The van der Waals surface area contributed by atoms with Crippen LogP contribution < -0.4 is 9.64 Å². The van der Waals surface area contributed by atoms with Crippen LogP contribution in [0.4, 0.5) is 5.69 Å². The molecular weight excluding hydrogens is 510 g/mol. The molecule has 7 nitrogen and oxygen atoms in total. The normalized spacial score (nSPS) is 15.1. The number of methoxy groups -OCH3 is 1. The van der Waals surface area contributed by atoms with Crippen molar-refractivity contribution in [3.05, 3.63) is 88.9 Å². The third-order valence-electron chi connectivity index (χ3n) is 6.87. The number of hydrogen-bond donors (Lipinski definition) is 0. The second-order valence-electron chi connectivity index (χ2n) is 9.13. The first kappa shape index (κ1) is 27.0. The summed E-state index contributed by atoms with van der Waals surface area (Å²) in [4.78, 5) is 17.7. The Balaban J connectivity index is 1.53. The molecule has 1 saturated heterocycles. The van der Waals surface area contributed by atoms with E-state index in [0.717, 1.165) is 16.8 Å². The number of ether oxygens (including phenoxy) is 1. The van der Waals surface area contributed by atoms with Gasteiger partial charge < -0.3 is 14.5 Å². The summed E-state index contributed by atoms with van der Waals surface area (Å²) >= 11 is 6.21. The maximum atomic E-state index is 13.5. The molecule has 3 aromatic rings. The summed E-state index contributed by atoms with van der Waals surface area (Å²) in [6, 6.07) is 20.6. The van der Waals surface area contributed by atoms with Crippen molar-refractivity contribution in [1.82, 2.24) is 9.21 Å². The second kappa shape index (κ2) is 11.5. The number of aryl methyl sites for hydroxylation is 1. The molecule has 4 rings (SSSR count). The Hall–Kier alpha value is -3.07. The first-order chi connectivity index (χ1) is 17.7. The van der Waals surface area contributed by atoms with E-state index in [9.17, 15) is 13.2 Å². The number of hydrogen-bond acceptors (Lipinski definition) is 5. The lowest BCUT2D eigenvalue weighted by Gasteiger charge is -2.38. The number of benzene rings is 3. The summed E-state index contributed by atoms with van der Waals surface area (Å²) in [6.07, 6.45) is 0.0328. The van der Waals surface area contributed by atoms with Gasteiger partial charge in [-0.25, -0.2) is 8.42 Å². The number of halogens is 1. The van der Waals surface area contributed by atoms with Gasteiger partial charge in [0.25, 0.3) is 0 Å². The van der Waals surface area contributed by atoms with Gasteiger partial charge >= 0.3 is 0 Å². The average Bonchev–Trinajstić information content (AvgIpc) is 2.93. The predicted molar refractivity (Wildman–Crippen MR) is 147 cm³/mol. The Morgan fingerprint density at radius 1 is 1.00 bits per heavy atom. The largest absolute Gasteiger partial charge is 0.497 e. The second-order valence-corrected chi connectivity index (χ2v) is 11.6. The lowest BCUT2D eigenvalue weighted by Crippen LogP contribution is -2.49. The summed E-state index contributed by atoms with van der Waals surface area (Å²) in [5, 5.41) is 0.684. The highest BCUT2D eigenvalue weighted by Crippen LogP contribution is 2.31. The minimum atomic E-state index is -3.82. The first-order valence-corrected chi connectivity index (χ1v) is 14.0. The van der Waals surface area contributed by atoms with E-state index < -0.39 is 16.1 Å². The van der Waals surface area contributed by atoms with Gasteiger partial charge in [0.2, 0.25) is 15.9 Å². The van der Waals surface area contributed by atoms with Crippen molar-refractivity contribution in [3.63, 3.8) is 0 Å². The molecule has 0 aliphatic carbocycles. The van der Waals surface area contributed by atoms with Crippen molar-refractivity contribution in [2.75, 3.05) is 45.2 Å². The van der Waals surface area contributed by atoms with E-state index in [4.69, 9.17) is 16.3 Å². The van der Waals surface area contributed by atoms with Crippen LogP contribution in [0, 0.1) is 6.92 Å². The molecule has 0 bridgehead atoms. The molecule has 0 N–H and O–H groups in total. The third kappa shape index (κ3) is 6.09. The van der Waals surface area contributed by atoms with E-state index in [1.165, 1.54) is 11.4 Å². The Labute approximate surface area is 224 Å². The predicted octanol–water partition coefficient (Wildman–Crippen LogP) is 4.76. The van der Waals surface area contributed by atoms with Crippen LogP contribution in [0.3, 0.4) is 0 Å². The van der Waals surface area contributed by atoms with Crippen LogP contribution in [0.5, 0.6) is 5.75 Å². The fraction of sp³-hybridized carbons (Fsp3) is 0.321. The van der Waals surface area contributed by atoms with Crippen molar-refractivity contribution in [1.29, 1.82) is 0 Å². The average molecular weight is 542 g/mol. The standard InChI is InChI=1S/C28H32ClN3O4S/c1-21-9-12-23(29)19-26(21)31-15-17-32(18-16-31)28(33)20-27(22-10-13-24(36-3)14-11-22)30(2)37(34,35)25-7-5-4-6-8-25/h4-14,19,27H,15-18,20H2,1-3H3/t27-/m0/s1. The van der Waals surface area contributed by atoms with E-state index in [2.05, 4.69) is 4.90 Å². The lowest BCUT2D eigenvalue weighted by molar-refractivity contribution is -0.132. The molecule has 0 saturated carbocycles.